The predicted octanol–water partition coefficient (Wildman–Crippen LogP) is 2.27. The Kier molecular flexibility index (Phi) is 4.17. The highest BCUT2D eigenvalue weighted by Gasteiger charge is 2.32. The fourth-order valence-electron chi connectivity index (χ4n) is 2.88. The van der Waals surface area contributed by atoms with Crippen molar-refractivity contribution in [1.82, 2.24) is 4.98 Å². The average Bonchev–Trinajstić information content (AvgIpc) is 2.88. The molecule has 0 fully saturated rings. The molecule has 120 valence electrons. The number of rotatable bonds is 3. The Hall–Kier alpha value is -2.21. The van der Waals surface area contributed by atoms with E-state index in [1.165, 1.54) is 11.3 Å². The van der Waals surface area contributed by atoms with E-state index in [0.717, 1.165) is 21.4 Å². The van der Waals surface area contributed by atoms with Gasteiger partial charge in [-0.2, -0.15) is 0 Å². The van der Waals surface area contributed by atoms with E-state index in [1.807, 2.05) is 38.1 Å². The molecule has 0 unspecified atom stereocenters. The summed E-state index contributed by atoms with van der Waals surface area (Å²) < 4.78 is 0.997. The Labute approximate surface area is 138 Å². The number of carbonyl (C=O) groups is 2. The lowest BCUT2D eigenvalue weighted by atomic mass is 9.79. The monoisotopic (exact) mass is 329 g/mol. The molecule has 23 heavy (non-hydrogen) atoms. The van der Waals surface area contributed by atoms with Gasteiger partial charge in [-0.1, -0.05) is 29.1 Å². The van der Waals surface area contributed by atoms with Crippen LogP contribution in [-0.2, 0) is 9.59 Å². The van der Waals surface area contributed by atoms with Crippen molar-refractivity contribution in [2.45, 2.75) is 26.7 Å². The van der Waals surface area contributed by atoms with Crippen LogP contribution in [0.15, 0.2) is 29.8 Å². The fraction of sp³-hybridized carbons (Fsp3) is 0.353. The van der Waals surface area contributed by atoms with E-state index in [4.69, 9.17) is 0 Å². The average molecular weight is 329 g/mol. The van der Waals surface area contributed by atoms with Crippen molar-refractivity contribution in [1.29, 1.82) is 0 Å². The number of carboxylic acids is 1. The zero-order chi connectivity index (χ0) is 16.6. The summed E-state index contributed by atoms with van der Waals surface area (Å²) in [7, 11) is 0. The van der Waals surface area contributed by atoms with Crippen LogP contribution >= 0.6 is 11.3 Å². The Morgan fingerprint density at radius 3 is 2.83 bits per heavy atom. The molecule has 1 aliphatic carbocycles. The topological polar surface area (TPSA) is 82.1 Å². The van der Waals surface area contributed by atoms with Crippen LogP contribution in [0.4, 0.5) is 5.13 Å². The first-order valence-electron chi connectivity index (χ1n) is 7.48. The largest absolute Gasteiger partial charge is 0.550 e. The number of aliphatic carboxylic acids is 1. The number of thiazole rings is 1. The van der Waals surface area contributed by atoms with E-state index in [-0.39, 0.29) is 5.91 Å². The van der Waals surface area contributed by atoms with Crippen LogP contribution in [0.1, 0.15) is 25.3 Å². The van der Waals surface area contributed by atoms with Gasteiger partial charge in [-0.15, -0.1) is 0 Å². The molecule has 0 aliphatic heterocycles. The minimum Gasteiger partial charge on any atom is -0.550 e. The first-order chi connectivity index (χ1) is 10.9. The van der Waals surface area contributed by atoms with Crippen molar-refractivity contribution in [2.24, 2.45) is 11.8 Å². The second-order valence-electron chi connectivity index (χ2n) is 6.00. The second-order valence-corrected chi connectivity index (χ2v) is 7.03. The molecular formula is C17H17N2O3S-. The molecular weight excluding hydrogens is 312 g/mol. The number of anilines is 1. The summed E-state index contributed by atoms with van der Waals surface area (Å²) in [6.07, 6.45) is 2.64. The van der Waals surface area contributed by atoms with Crippen LogP contribution in [0.5, 0.6) is 0 Å². The standard InChI is InChI=1S/C17H18N2O3S/c1-9-3-5-11(16(21)22)12(7-9)15(20)19-17-18-13-6-4-10(2)8-14(13)23-17/h3-4,6,8,11-12H,5,7H2,1-2H3,(H,21,22)(H,18,19,20)/p-1/t11-,12+/m0/s1. The lowest BCUT2D eigenvalue weighted by Crippen LogP contribution is -2.42. The second kappa shape index (κ2) is 6.12. The van der Waals surface area contributed by atoms with Gasteiger partial charge in [-0.05, 0) is 44.4 Å². The number of allylic oxidation sites excluding steroid dienone is 2. The maximum absolute atomic E-state index is 12.5. The van der Waals surface area contributed by atoms with Gasteiger partial charge in [-0.25, -0.2) is 4.98 Å². The highest BCUT2D eigenvalue weighted by Crippen LogP contribution is 2.32. The van der Waals surface area contributed by atoms with Gasteiger partial charge in [0.05, 0.1) is 16.1 Å². The molecule has 2 aromatic rings. The van der Waals surface area contributed by atoms with E-state index in [1.54, 1.807) is 0 Å². The minimum atomic E-state index is -1.17. The number of fused-ring (bicyclic) bond motifs is 1. The quantitative estimate of drug-likeness (QED) is 0.876. The van der Waals surface area contributed by atoms with Crippen molar-refractivity contribution < 1.29 is 14.7 Å². The Bertz CT molecular complexity index is 809. The number of aromatic nitrogens is 1. The molecule has 0 spiro atoms. The first kappa shape index (κ1) is 15.7. The van der Waals surface area contributed by atoms with Crippen molar-refractivity contribution in [2.75, 3.05) is 5.32 Å². The van der Waals surface area contributed by atoms with Crippen LogP contribution in [0, 0.1) is 18.8 Å². The number of carboxylic acid groups (broad SMARTS) is 1. The number of aryl methyl sites for hydroxylation is 1. The third-order valence-corrected chi connectivity index (χ3v) is 5.10. The van der Waals surface area contributed by atoms with Gasteiger partial charge in [0, 0.05) is 11.9 Å². The normalized spacial score (nSPS) is 21.0. The number of amides is 1. The lowest BCUT2D eigenvalue weighted by molar-refractivity contribution is -0.313. The maximum Gasteiger partial charge on any atom is 0.230 e. The number of carbonyl (C=O) groups excluding carboxylic acids is 2. The number of hydrogen-bond acceptors (Lipinski definition) is 5. The molecule has 0 saturated carbocycles. The number of nitrogens with zero attached hydrogens (tertiary/aromatic N) is 1. The fourth-order valence-corrected chi connectivity index (χ4v) is 3.85. The van der Waals surface area contributed by atoms with Crippen molar-refractivity contribution in [3.05, 3.63) is 35.4 Å². The van der Waals surface area contributed by atoms with Crippen LogP contribution in [0.25, 0.3) is 10.2 Å². The molecule has 1 aromatic carbocycles. The molecule has 5 nitrogen and oxygen atoms in total. The first-order valence-corrected chi connectivity index (χ1v) is 8.30. The molecule has 1 aliphatic rings. The summed E-state index contributed by atoms with van der Waals surface area (Å²) in [4.78, 5) is 28.2. The highest BCUT2D eigenvalue weighted by atomic mass is 32.1. The van der Waals surface area contributed by atoms with E-state index in [0.29, 0.717) is 18.0 Å². The van der Waals surface area contributed by atoms with Gasteiger partial charge in [0.2, 0.25) is 5.91 Å². The summed E-state index contributed by atoms with van der Waals surface area (Å²) in [6.45, 7) is 3.91. The van der Waals surface area contributed by atoms with Crippen molar-refractivity contribution >= 4 is 38.6 Å². The van der Waals surface area contributed by atoms with E-state index in [2.05, 4.69) is 10.3 Å². The Morgan fingerprint density at radius 1 is 1.30 bits per heavy atom. The van der Waals surface area contributed by atoms with Gasteiger partial charge >= 0.3 is 0 Å². The summed E-state index contributed by atoms with van der Waals surface area (Å²) >= 11 is 1.39. The molecule has 2 atom stereocenters. The van der Waals surface area contributed by atoms with Gasteiger partial charge in [-0.3, -0.25) is 4.79 Å². The molecule has 1 heterocycles. The Morgan fingerprint density at radius 2 is 2.09 bits per heavy atom. The van der Waals surface area contributed by atoms with Crippen molar-refractivity contribution in [3.63, 3.8) is 0 Å². The molecule has 0 saturated heterocycles. The zero-order valence-corrected chi connectivity index (χ0v) is 13.8. The molecule has 1 aromatic heterocycles. The number of nitrogens with one attached hydrogen (secondary N) is 1. The summed E-state index contributed by atoms with van der Waals surface area (Å²) in [5.74, 6) is -2.87. The van der Waals surface area contributed by atoms with Crippen LogP contribution < -0.4 is 10.4 Å². The van der Waals surface area contributed by atoms with E-state index >= 15 is 0 Å². The van der Waals surface area contributed by atoms with Crippen LogP contribution in [0.3, 0.4) is 0 Å². The van der Waals surface area contributed by atoms with Gasteiger partial charge in [0.15, 0.2) is 5.13 Å². The smallest absolute Gasteiger partial charge is 0.230 e. The SMILES string of the molecule is CC1=CC[C@H](C(=O)[O-])[C@H](C(=O)Nc2nc3ccc(C)cc3s2)C1. The molecule has 6 heteroatoms. The van der Waals surface area contributed by atoms with Gasteiger partial charge in [0.25, 0.3) is 0 Å². The lowest BCUT2D eigenvalue weighted by Gasteiger charge is -2.29. The molecule has 1 N–H and O–H groups in total. The van der Waals surface area contributed by atoms with Gasteiger partial charge in [0.1, 0.15) is 0 Å². The van der Waals surface area contributed by atoms with E-state index < -0.39 is 17.8 Å². The molecule has 0 bridgehead atoms. The van der Waals surface area contributed by atoms with Crippen LogP contribution in [-0.4, -0.2) is 16.9 Å². The highest BCUT2D eigenvalue weighted by molar-refractivity contribution is 7.22. The minimum absolute atomic E-state index is 0.303. The predicted molar refractivity (Wildman–Crippen MR) is 88.0 cm³/mol. The molecule has 3 rings (SSSR count). The zero-order valence-electron chi connectivity index (χ0n) is 13.0. The molecule has 0 radical (unpaired) electrons. The Balaban J connectivity index is 1.81. The van der Waals surface area contributed by atoms with Gasteiger partial charge < -0.3 is 15.2 Å². The summed E-state index contributed by atoms with van der Waals surface area (Å²) in [5.41, 5.74) is 2.98. The number of benzene rings is 1. The number of hydrogen-bond donors (Lipinski definition) is 1. The third kappa shape index (κ3) is 3.27. The third-order valence-electron chi connectivity index (χ3n) is 4.16. The van der Waals surface area contributed by atoms with Crippen molar-refractivity contribution in [3.8, 4) is 0 Å². The summed E-state index contributed by atoms with van der Waals surface area (Å²) in [5, 5.41) is 14.5. The maximum atomic E-state index is 12.5. The summed E-state index contributed by atoms with van der Waals surface area (Å²) in [6, 6.07) is 5.89. The molecule has 1 amide bonds. The van der Waals surface area contributed by atoms with E-state index in [9.17, 15) is 14.7 Å². The van der Waals surface area contributed by atoms with Crippen LogP contribution in [0.2, 0.25) is 0 Å².